The third-order valence-corrected chi connectivity index (χ3v) is 10.2. The second-order valence-corrected chi connectivity index (χ2v) is 13.5. The van der Waals surface area contributed by atoms with Gasteiger partial charge in [-0.25, -0.2) is 15.0 Å². The molecule has 10 rings (SSSR count). The van der Waals surface area contributed by atoms with Gasteiger partial charge in [0.1, 0.15) is 5.52 Å². The number of para-hydroxylation sites is 1. The van der Waals surface area contributed by atoms with Crippen LogP contribution in [0, 0.1) is 11.3 Å². The number of aromatic nitrogens is 3. The molecule has 0 bridgehead atoms. The van der Waals surface area contributed by atoms with Gasteiger partial charge < -0.3 is 4.42 Å². The summed E-state index contributed by atoms with van der Waals surface area (Å²) in [6.07, 6.45) is 0. The van der Waals surface area contributed by atoms with Gasteiger partial charge in [0, 0.05) is 16.5 Å². The van der Waals surface area contributed by atoms with Crippen molar-refractivity contribution in [3.8, 4) is 73.5 Å². The van der Waals surface area contributed by atoms with Crippen molar-refractivity contribution < 1.29 is 4.42 Å². The molecule has 0 spiro atoms. The van der Waals surface area contributed by atoms with Gasteiger partial charge in [-0.3, -0.25) is 0 Å². The van der Waals surface area contributed by atoms with Crippen LogP contribution in [0.25, 0.3) is 100 Å². The van der Waals surface area contributed by atoms with Crippen LogP contribution in [0.4, 0.5) is 0 Å². The second-order valence-electron chi connectivity index (χ2n) is 13.5. The van der Waals surface area contributed by atoms with Gasteiger partial charge in [0.05, 0.1) is 28.4 Å². The number of hydrogen-bond donors (Lipinski definition) is 0. The van der Waals surface area contributed by atoms with Crippen LogP contribution in [-0.2, 0) is 0 Å². The van der Waals surface area contributed by atoms with Gasteiger partial charge in [0.15, 0.2) is 11.4 Å². The molecule has 0 aliphatic heterocycles. The van der Waals surface area contributed by atoms with E-state index in [-0.39, 0.29) is 0 Å². The van der Waals surface area contributed by atoms with Gasteiger partial charge in [-0.2, -0.15) is 5.26 Å². The normalized spacial score (nSPS) is 11.3. The third kappa shape index (κ3) is 5.70. The van der Waals surface area contributed by atoms with Crippen LogP contribution in [0.1, 0.15) is 5.56 Å². The van der Waals surface area contributed by atoms with Gasteiger partial charge in [0.25, 0.3) is 0 Å². The van der Waals surface area contributed by atoms with E-state index in [2.05, 4.69) is 121 Å². The molecule has 5 heteroatoms. The zero-order valence-electron chi connectivity index (χ0n) is 29.5. The Bertz CT molecular complexity index is 3100. The molecule has 0 saturated carbocycles. The predicted molar refractivity (Wildman–Crippen MR) is 222 cm³/mol. The van der Waals surface area contributed by atoms with E-state index in [0.29, 0.717) is 28.4 Å². The van der Waals surface area contributed by atoms with E-state index >= 15 is 0 Å². The van der Waals surface area contributed by atoms with Gasteiger partial charge >= 0.3 is 0 Å². The second kappa shape index (κ2) is 13.4. The largest absolute Gasteiger partial charge is 0.436 e. The fourth-order valence-electron chi connectivity index (χ4n) is 7.56. The van der Waals surface area contributed by atoms with E-state index in [1.165, 1.54) is 10.8 Å². The first-order chi connectivity index (χ1) is 27.2. The van der Waals surface area contributed by atoms with Gasteiger partial charge in [-0.15, -0.1) is 0 Å². The van der Waals surface area contributed by atoms with E-state index in [1.54, 1.807) is 6.07 Å². The van der Waals surface area contributed by atoms with Crippen molar-refractivity contribution in [2.45, 2.75) is 0 Å². The highest BCUT2D eigenvalue weighted by molar-refractivity contribution is 6.06. The van der Waals surface area contributed by atoms with Crippen molar-refractivity contribution in [1.29, 1.82) is 5.26 Å². The van der Waals surface area contributed by atoms with Gasteiger partial charge in [0.2, 0.25) is 5.89 Å². The average Bonchev–Trinajstić information content (AvgIpc) is 3.69. The smallest absolute Gasteiger partial charge is 0.228 e. The molecule has 0 saturated heterocycles. The lowest BCUT2D eigenvalue weighted by Gasteiger charge is -2.17. The Kier molecular flexibility index (Phi) is 7.79. The Hall–Kier alpha value is -7.68. The standard InChI is InChI=1S/C50H30N4O/c51-31-37-15-5-7-18-40(37)50-53-45-30-36(27-29-46(45)55-50)38-16-8-9-19-41(38)42-28-26-32-12-4-6-17-39(32)47(42)33-22-24-35(25-23-33)49-52-44-21-11-10-20-43(44)48(54-49)34-13-2-1-3-14-34/h1-30H. The lowest BCUT2D eigenvalue weighted by molar-refractivity contribution is 0.619. The van der Waals surface area contributed by atoms with Crippen molar-refractivity contribution >= 4 is 32.8 Å². The van der Waals surface area contributed by atoms with E-state index in [4.69, 9.17) is 19.4 Å². The molecular formula is C50H30N4O. The first-order valence-corrected chi connectivity index (χ1v) is 18.2. The van der Waals surface area contributed by atoms with E-state index in [1.807, 2.05) is 60.7 Å². The van der Waals surface area contributed by atoms with Crippen molar-refractivity contribution in [1.82, 2.24) is 15.0 Å². The van der Waals surface area contributed by atoms with Crippen LogP contribution < -0.4 is 0 Å². The summed E-state index contributed by atoms with van der Waals surface area (Å²) in [6.45, 7) is 0. The monoisotopic (exact) mass is 702 g/mol. The van der Waals surface area contributed by atoms with E-state index < -0.39 is 0 Å². The highest BCUT2D eigenvalue weighted by atomic mass is 16.3. The van der Waals surface area contributed by atoms with Gasteiger partial charge in [-0.05, 0) is 74.5 Å². The number of hydrogen-bond acceptors (Lipinski definition) is 5. The Morgan fingerprint density at radius 3 is 1.95 bits per heavy atom. The van der Waals surface area contributed by atoms with Crippen molar-refractivity contribution in [2.75, 3.05) is 0 Å². The number of benzene rings is 8. The summed E-state index contributed by atoms with van der Waals surface area (Å²) in [5, 5.41) is 13.0. The molecule has 0 amide bonds. The molecule has 2 aromatic heterocycles. The lowest BCUT2D eigenvalue weighted by Crippen LogP contribution is -1.95. The minimum absolute atomic E-state index is 0.434. The third-order valence-electron chi connectivity index (χ3n) is 10.2. The molecule has 0 aliphatic carbocycles. The zero-order valence-corrected chi connectivity index (χ0v) is 29.5. The highest BCUT2D eigenvalue weighted by Crippen LogP contribution is 2.43. The first-order valence-electron chi connectivity index (χ1n) is 18.2. The predicted octanol–water partition coefficient (Wildman–Crippen LogP) is 12.8. The average molecular weight is 703 g/mol. The van der Waals surface area contributed by atoms with E-state index in [9.17, 15) is 5.26 Å². The Labute approximate surface area is 317 Å². The molecule has 256 valence electrons. The Balaban J connectivity index is 1.09. The van der Waals surface area contributed by atoms with Crippen molar-refractivity contribution in [2.24, 2.45) is 0 Å². The molecule has 0 aliphatic rings. The fourth-order valence-corrected chi connectivity index (χ4v) is 7.56. The number of nitriles is 1. The molecule has 55 heavy (non-hydrogen) atoms. The molecule has 5 nitrogen and oxygen atoms in total. The molecule has 0 fully saturated rings. The summed E-state index contributed by atoms with van der Waals surface area (Å²) in [6, 6.07) is 64.4. The minimum Gasteiger partial charge on any atom is -0.436 e. The molecule has 8 aromatic carbocycles. The maximum Gasteiger partial charge on any atom is 0.228 e. The van der Waals surface area contributed by atoms with Crippen LogP contribution in [-0.4, -0.2) is 15.0 Å². The summed E-state index contributed by atoms with van der Waals surface area (Å²) < 4.78 is 6.15. The Morgan fingerprint density at radius 2 is 1.11 bits per heavy atom. The maximum atomic E-state index is 9.68. The molecule has 0 radical (unpaired) electrons. The van der Waals surface area contributed by atoms with Crippen LogP contribution in [0.3, 0.4) is 0 Å². The lowest BCUT2D eigenvalue weighted by atomic mass is 9.86. The molecule has 2 heterocycles. The first kappa shape index (κ1) is 32.0. The van der Waals surface area contributed by atoms with Crippen molar-refractivity contribution in [3.05, 3.63) is 188 Å². The molecule has 0 N–H and O–H groups in total. The summed E-state index contributed by atoms with van der Waals surface area (Å²) in [5.41, 5.74) is 13.0. The summed E-state index contributed by atoms with van der Waals surface area (Å²) >= 11 is 0. The number of nitrogens with zero attached hydrogens (tertiary/aromatic N) is 4. The topological polar surface area (TPSA) is 75.6 Å². The highest BCUT2D eigenvalue weighted by Gasteiger charge is 2.18. The van der Waals surface area contributed by atoms with Gasteiger partial charge in [-0.1, -0.05) is 152 Å². The van der Waals surface area contributed by atoms with E-state index in [0.717, 1.165) is 66.6 Å². The van der Waals surface area contributed by atoms with Crippen LogP contribution >= 0.6 is 0 Å². The molecule has 0 atom stereocenters. The fraction of sp³-hybridized carbons (Fsp3) is 0. The summed E-state index contributed by atoms with van der Waals surface area (Å²) in [7, 11) is 0. The molecule has 0 unspecified atom stereocenters. The SMILES string of the molecule is N#Cc1ccccc1-c1nc2cc(-c3ccccc3-c3ccc4ccccc4c3-c3ccc(-c4nc(-c5ccccc5)c5ccccc5n4)cc3)ccc2o1. The number of oxazole rings is 1. The molecular weight excluding hydrogens is 673 g/mol. The quantitative estimate of drug-likeness (QED) is 0.172. The Morgan fingerprint density at radius 1 is 0.436 bits per heavy atom. The summed E-state index contributed by atoms with van der Waals surface area (Å²) in [4.78, 5) is 15.0. The summed E-state index contributed by atoms with van der Waals surface area (Å²) in [5.74, 6) is 1.12. The number of fused-ring (bicyclic) bond motifs is 3. The molecule has 10 aromatic rings. The van der Waals surface area contributed by atoms with Crippen LogP contribution in [0.5, 0.6) is 0 Å². The maximum absolute atomic E-state index is 9.68. The van der Waals surface area contributed by atoms with Crippen LogP contribution in [0.2, 0.25) is 0 Å². The minimum atomic E-state index is 0.434. The van der Waals surface area contributed by atoms with Crippen LogP contribution in [0.15, 0.2) is 186 Å². The van der Waals surface area contributed by atoms with Crippen molar-refractivity contribution in [3.63, 3.8) is 0 Å². The number of rotatable bonds is 6. The zero-order chi connectivity index (χ0) is 36.7.